The summed E-state index contributed by atoms with van der Waals surface area (Å²) in [6.45, 7) is 6.81. The second-order valence-electron chi connectivity index (χ2n) is 3.56. The lowest BCUT2D eigenvalue weighted by molar-refractivity contribution is 0.150. The normalized spacial score (nSPS) is 10.6. The zero-order valence-corrected chi connectivity index (χ0v) is 9.72. The average molecular weight is 221 g/mol. The molecule has 1 aromatic heterocycles. The van der Waals surface area contributed by atoms with Gasteiger partial charge in [0, 0.05) is 32.9 Å². The van der Waals surface area contributed by atoms with Crippen molar-refractivity contribution in [3.05, 3.63) is 36.7 Å². The van der Waals surface area contributed by atoms with Crippen LogP contribution >= 0.6 is 0 Å². The molecule has 0 fully saturated rings. The van der Waals surface area contributed by atoms with Crippen LogP contribution in [0, 0.1) is 0 Å². The van der Waals surface area contributed by atoms with Crippen LogP contribution in [-0.2, 0) is 11.3 Å². The van der Waals surface area contributed by atoms with Crippen molar-refractivity contribution in [1.29, 1.82) is 0 Å². The number of nitrogens with zero attached hydrogens (tertiary/aromatic N) is 2. The molecule has 2 N–H and O–H groups in total. The molecule has 0 aliphatic carbocycles. The SMILES string of the molecule is C=CCN(CCOC)Cc1ncccc1N. The Morgan fingerprint density at radius 2 is 2.44 bits per heavy atom. The molecule has 16 heavy (non-hydrogen) atoms. The van der Waals surface area contributed by atoms with Crippen LogP contribution in [0.4, 0.5) is 5.69 Å². The van der Waals surface area contributed by atoms with Gasteiger partial charge in [0.25, 0.3) is 0 Å². The molecule has 0 spiro atoms. The number of pyridine rings is 1. The van der Waals surface area contributed by atoms with Gasteiger partial charge in [-0.1, -0.05) is 6.08 Å². The van der Waals surface area contributed by atoms with Gasteiger partial charge in [-0.2, -0.15) is 0 Å². The first kappa shape index (κ1) is 12.7. The van der Waals surface area contributed by atoms with Crippen LogP contribution in [-0.4, -0.2) is 36.7 Å². The molecule has 88 valence electrons. The van der Waals surface area contributed by atoms with Crippen LogP contribution in [0.1, 0.15) is 5.69 Å². The number of hydrogen-bond donors (Lipinski definition) is 1. The van der Waals surface area contributed by atoms with Gasteiger partial charge < -0.3 is 10.5 Å². The van der Waals surface area contributed by atoms with Gasteiger partial charge in [0.2, 0.25) is 0 Å². The first-order valence-electron chi connectivity index (χ1n) is 5.29. The predicted molar refractivity (Wildman–Crippen MR) is 66.0 cm³/mol. The first-order chi connectivity index (χ1) is 7.77. The van der Waals surface area contributed by atoms with E-state index in [1.165, 1.54) is 0 Å². The number of ether oxygens (including phenoxy) is 1. The molecule has 0 atom stereocenters. The lowest BCUT2D eigenvalue weighted by atomic mass is 10.3. The van der Waals surface area contributed by atoms with Crippen LogP contribution in [0.2, 0.25) is 0 Å². The molecule has 0 unspecified atom stereocenters. The summed E-state index contributed by atoms with van der Waals surface area (Å²) in [5.74, 6) is 0. The number of anilines is 1. The van der Waals surface area contributed by atoms with Gasteiger partial charge in [-0.3, -0.25) is 9.88 Å². The lowest BCUT2D eigenvalue weighted by Crippen LogP contribution is -2.28. The molecule has 4 heteroatoms. The van der Waals surface area contributed by atoms with E-state index in [1.807, 2.05) is 18.2 Å². The Hall–Kier alpha value is -1.39. The highest BCUT2D eigenvalue weighted by Crippen LogP contribution is 2.09. The summed E-state index contributed by atoms with van der Waals surface area (Å²) in [5.41, 5.74) is 7.48. The highest BCUT2D eigenvalue weighted by molar-refractivity contribution is 5.41. The second-order valence-corrected chi connectivity index (χ2v) is 3.56. The number of nitrogen functional groups attached to an aromatic ring is 1. The first-order valence-corrected chi connectivity index (χ1v) is 5.29. The van der Waals surface area contributed by atoms with Crippen LogP contribution < -0.4 is 5.73 Å². The van der Waals surface area contributed by atoms with E-state index in [0.29, 0.717) is 6.61 Å². The Bertz CT molecular complexity index is 328. The van der Waals surface area contributed by atoms with E-state index in [1.54, 1.807) is 13.3 Å². The number of hydrogen-bond acceptors (Lipinski definition) is 4. The van der Waals surface area contributed by atoms with Crippen LogP contribution in [0.5, 0.6) is 0 Å². The molecule has 0 radical (unpaired) electrons. The highest BCUT2D eigenvalue weighted by atomic mass is 16.5. The third-order valence-corrected chi connectivity index (χ3v) is 2.30. The third-order valence-electron chi connectivity index (χ3n) is 2.30. The van der Waals surface area contributed by atoms with Gasteiger partial charge in [0.1, 0.15) is 0 Å². The molecular formula is C12H19N3O. The fourth-order valence-corrected chi connectivity index (χ4v) is 1.43. The summed E-state index contributed by atoms with van der Waals surface area (Å²) in [6, 6.07) is 3.70. The molecule has 1 heterocycles. The number of rotatable bonds is 7. The van der Waals surface area contributed by atoms with Crippen molar-refractivity contribution < 1.29 is 4.74 Å². The van der Waals surface area contributed by atoms with Crippen molar-refractivity contribution in [2.75, 3.05) is 32.5 Å². The smallest absolute Gasteiger partial charge is 0.0772 e. The Kier molecular flexibility index (Phi) is 5.53. The van der Waals surface area contributed by atoms with E-state index in [0.717, 1.165) is 31.0 Å². The van der Waals surface area contributed by atoms with Gasteiger partial charge in [0.05, 0.1) is 18.0 Å². The second kappa shape index (κ2) is 6.98. The van der Waals surface area contributed by atoms with Gasteiger partial charge in [-0.15, -0.1) is 6.58 Å². The molecule has 1 aromatic rings. The van der Waals surface area contributed by atoms with Crippen molar-refractivity contribution >= 4 is 5.69 Å². The van der Waals surface area contributed by atoms with Crippen molar-refractivity contribution in [3.63, 3.8) is 0 Å². The minimum absolute atomic E-state index is 0.695. The Labute approximate surface area is 96.7 Å². The number of methoxy groups -OCH3 is 1. The minimum atomic E-state index is 0.695. The zero-order valence-electron chi connectivity index (χ0n) is 9.72. The van der Waals surface area contributed by atoms with Crippen LogP contribution in [0.15, 0.2) is 31.0 Å². The summed E-state index contributed by atoms with van der Waals surface area (Å²) in [5, 5.41) is 0. The molecule has 4 nitrogen and oxygen atoms in total. The molecule has 0 aromatic carbocycles. The van der Waals surface area contributed by atoms with Gasteiger partial charge in [0.15, 0.2) is 0 Å². The summed E-state index contributed by atoms with van der Waals surface area (Å²) in [4.78, 5) is 6.46. The van der Waals surface area contributed by atoms with Crippen molar-refractivity contribution in [2.24, 2.45) is 0 Å². The molecule has 1 rings (SSSR count). The Morgan fingerprint density at radius 3 is 3.06 bits per heavy atom. The number of aromatic nitrogens is 1. The van der Waals surface area contributed by atoms with E-state index >= 15 is 0 Å². The van der Waals surface area contributed by atoms with E-state index in [9.17, 15) is 0 Å². The van der Waals surface area contributed by atoms with E-state index in [-0.39, 0.29) is 0 Å². The van der Waals surface area contributed by atoms with E-state index in [4.69, 9.17) is 10.5 Å². The van der Waals surface area contributed by atoms with Gasteiger partial charge in [-0.05, 0) is 12.1 Å². The molecule has 0 amide bonds. The van der Waals surface area contributed by atoms with Crippen LogP contribution in [0.3, 0.4) is 0 Å². The molecular weight excluding hydrogens is 202 g/mol. The third kappa shape index (κ3) is 4.00. The van der Waals surface area contributed by atoms with E-state index in [2.05, 4.69) is 16.5 Å². The monoisotopic (exact) mass is 221 g/mol. The Morgan fingerprint density at radius 1 is 1.62 bits per heavy atom. The van der Waals surface area contributed by atoms with Gasteiger partial charge in [-0.25, -0.2) is 0 Å². The van der Waals surface area contributed by atoms with Crippen molar-refractivity contribution in [3.8, 4) is 0 Å². The maximum atomic E-state index is 5.85. The van der Waals surface area contributed by atoms with Crippen LogP contribution in [0.25, 0.3) is 0 Å². The summed E-state index contributed by atoms with van der Waals surface area (Å²) in [7, 11) is 1.70. The quantitative estimate of drug-likeness (QED) is 0.705. The molecule has 0 bridgehead atoms. The van der Waals surface area contributed by atoms with E-state index < -0.39 is 0 Å². The Balaban J connectivity index is 2.60. The maximum Gasteiger partial charge on any atom is 0.0772 e. The predicted octanol–water partition coefficient (Wildman–Crippen LogP) is 1.30. The summed E-state index contributed by atoms with van der Waals surface area (Å²) >= 11 is 0. The molecule has 0 aliphatic rings. The number of nitrogens with two attached hydrogens (primary N) is 1. The largest absolute Gasteiger partial charge is 0.397 e. The van der Waals surface area contributed by atoms with Crippen molar-refractivity contribution in [2.45, 2.75) is 6.54 Å². The van der Waals surface area contributed by atoms with Crippen molar-refractivity contribution in [1.82, 2.24) is 9.88 Å². The zero-order chi connectivity index (χ0) is 11.8. The average Bonchev–Trinajstić information content (AvgIpc) is 2.29. The maximum absolute atomic E-state index is 5.85. The molecule has 0 aliphatic heterocycles. The summed E-state index contributed by atoms with van der Waals surface area (Å²) < 4.78 is 5.06. The summed E-state index contributed by atoms with van der Waals surface area (Å²) in [6.07, 6.45) is 3.63. The molecule has 0 saturated heterocycles. The fourth-order valence-electron chi connectivity index (χ4n) is 1.43. The fraction of sp³-hybridized carbons (Fsp3) is 0.417. The van der Waals surface area contributed by atoms with Gasteiger partial charge >= 0.3 is 0 Å². The molecule has 0 saturated carbocycles. The topological polar surface area (TPSA) is 51.4 Å². The lowest BCUT2D eigenvalue weighted by Gasteiger charge is -2.20. The highest BCUT2D eigenvalue weighted by Gasteiger charge is 2.07. The minimum Gasteiger partial charge on any atom is -0.397 e. The standard InChI is InChI=1S/C12H19N3O/c1-3-7-15(8-9-16-2)10-12-11(13)5-4-6-14-12/h3-6H,1,7-10,13H2,2H3.